The number of amidine groups is 1. The van der Waals surface area contributed by atoms with Gasteiger partial charge in [-0.3, -0.25) is 19.3 Å². The quantitative estimate of drug-likeness (QED) is 0.0849. The number of nitrogens with one attached hydrogen (secondary N) is 1. The summed E-state index contributed by atoms with van der Waals surface area (Å²) in [5.74, 6) is -0.630. The van der Waals surface area contributed by atoms with Crippen molar-refractivity contribution in [1.29, 1.82) is 0 Å². The Hall–Kier alpha value is -5.41. The number of benzene rings is 3. The molecule has 9 heteroatoms. The van der Waals surface area contributed by atoms with Crippen molar-refractivity contribution in [2.24, 2.45) is 4.99 Å². The molecule has 48 heavy (non-hydrogen) atoms. The second-order valence-corrected chi connectivity index (χ2v) is 11.4. The number of carbonyl (C=O) groups excluding carboxylic acids is 3. The summed E-state index contributed by atoms with van der Waals surface area (Å²) in [6.45, 7) is 11.6. The van der Waals surface area contributed by atoms with Crippen LogP contribution in [0.5, 0.6) is 11.5 Å². The molecule has 3 aromatic carbocycles. The molecule has 0 saturated heterocycles. The normalized spacial score (nSPS) is 14.3. The van der Waals surface area contributed by atoms with E-state index in [1.807, 2.05) is 73.7 Å². The van der Waals surface area contributed by atoms with Gasteiger partial charge in [0.1, 0.15) is 5.57 Å². The largest absolute Gasteiger partial charge is 0.493 e. The van der Waals surface area contributed by atoms with Crippen LogP contribution in [0.2, 0.25) is 0 Å². The summed E-state index contributed by atoms with van der Waals surface area (Å²) in [7, 11) is 1.56. The standard InChI is InChI=1S/C39H39N3O5S/c1-6-10-22-31(8-3)42-38(45)32(24-27-23-30(17-7-2)36(46-5)33(25-27)47-9-4)37(44)41-39(42)48-26-34(43)40-35(28-18-13-11-14-19-28)29-20-15-12-16-21-29/h6-8,10-16,18-25,35H,1-2,9,17,26H2,3-5H3,(H,40,43)/b22-10-,31-8+,32-24+. The molecule has 1 heterocycles. The van der Waals surface area contributed by atoms with Crippen LogP contribution in [0.3, 0.4) is 0 Å². The maximum absolute atomic E-state index is 14.1. The van der Waals surface area contributed by atoms with E-state index < -0.39 is 11.8 Å². The molecule has 0 radical (unpaired) electrons. The average Bonchev–Trinajstić information content (AvgIpc) is 3.10. The molecule has 0 bridgehead atoms. The van der Waals surface area contributed by atoms with Gasteiger partial charge in [0, 0.05) is 11.3 Å². The number of ether oxygens (including phenoxy) is 2. The minimum Gasteiger partial charge on any atom is -0.493 e. The number of nitrogens with zero attached hydrogens (tertiary/aromatic N) is 2. The van der Waals surface area contributed by atoms with Gasteiger partial charge >= 0.3 is 0 Å². The van der Waals surface area contributed by atoms with Crippen LogP contribution in [0.1, 0.15) is 42.1 Å². The van der Waals surface area contributed by atoms with Crippen LogP contribution in [0.15, 0.2) is 133 Å². The highest BCUT2D eigenvalue weighted by Crippen LogP contribution is 2.35. The number of hydrogen-bond donors (Lipinski definition) is 1. The Kier molecular flexibility index (Phi) is 12.9. The molecule has 0 fully saturated rings. The molecule has 4 rings (SSSR count). The van der Waals surface area contributed by atoms with E-state index in [0.29, 0.717) is 35.8 Å². The molecular formula is C39H39N3O5S. The molecule has 3 aromatic rings. The Bertz CT molecular complexity index is 1740. The molecule has 0 aromatic heterocycles. The second-order valence-electron chi connectivity index (χ2n) is 10.5. The van der Waals surface area contributed by atoms with Crippen LogP contribution in [0.4, 0.5) is 0 Å². The summed E-state index contributed by atoms with van der Waals surface area (Å²) in [4.78, 5) is 46.7. The van der Waals surface area contributed by atoms with Gasteiger partial charge in [-0.15, -0.1) is 6.58 Å². The molecule has 8 nitrogen and oxygen atoms in total. The molecule has 0 spiro atoms. The van der Waals surface area contributed by atoms with Gasteiger partial charge in [-0.25, -0.2) is 0 Å². The van der Waals surface area contributed by atoms with Gasteiger partial charge in [-0.05, 0) is 61.2 Å². The third-order valence-corrected chi connectivity index (χ3v) is 8.18. The smallest absolute Gasteiger partial charge is 0.285 e. The van der Waals surface area contributed by atoms with Crippen molar-refractivity contribution >= 4 is 40.7 Å². The van der Waals surface area contributed by atoms with Gasteiger partial charge in [0.05, 0.1) is 25.5 Å². The number of aliphatic imine (C=N–C) groups is 1. The molecular weight excluding hydrogens is 623 g/mol. The predicted octanol–water partition coefficient (Wildman–Crippen LogP) is 7.22. The maximum Gasteiger partial charge on any atom is 0.285 e. The van der Waals surface area contributed by atoms with Gasteiger partial charge in [0.15, 0.2) is 16.7 Å². The lowest BCUT2D eigenvalue weighted by molar-refractivity contribution is -0.126. The highest BCUT2D eigenvalue weighted by Gasteiger charge is 2.35. The van der Waals surface area contributed by atoms with E-state index in [1.165, 1.54) is 11.0 Å². The van der Waals surface area contributed by atoms with Crippen molar-refractivity contribution in [1.82, 2.24) is 10.2 Å². The number of methoxy groups -OCH3 is 1. The van der Waals surface area contributed by atoms with Crippen LogP contribution in [-0.2, 0) is 20.8 Å². The third-order valence-electron chi connectivity index (χ3n) is 7.25. The fourth-order valence-corrected chi connectivity index (χ4v) is 5.94. The van der Waals surface area contributed by atoms with E-state index in [-0.39, 0.29) is 28.4 Å². The van der Waals surface area contributed by atoms with Crippen molar-refractivity contribution in [2.75, 3.05) is 19.5 Å². The molecule has 1 aliphatic heterocycles. The monoisotopic (exact) mass is 661 g/mol. The van der Waals surface area contributed by atoms with Gasteiger partial charge in [0.2, 0.25) is 5.91 Å². The number of rotatable bonds is 14. The lowest BCUT2D eigenvalue weighted by atomic mass is 9.99. The van der Waals surface area contributed by atoms with Crippen molar-refractivity contribution < 1.29 is 23.9 Å². The Morgan fingerprint density at radius 2 is 1.71 bits per heavy atom. The zero-order valence-electron chi connectivity index (χ0n) is 27.3. The first-order chi connectivity index (χ1) is 23.3. The summed E-state index contributed by atoms with van der Waals surface area (Å²) in [5, 5.41) is 3.19. The first-order valence-corrected chi connectivity index (χ1v) is 16.4. The van der Waals surface area contributed by atoms with Gasteiger partial charge in [-0.2, -0.15) is 4.99 Å². The molecule has 3 amide bonds. The molecule has 246 valence electrons. The van der Waals surface area contributed by atoms with Crippen LogP contribution in [0, 0.1) is 0 Å². The number of allylic oxidation sites excluding steroid dienone is 5. The Balaban J connectivity index is 1.68. The Labute approximate surface area is 286 Å². The lowest BCUT2D eigenvalue weighted by Gasteiger charge is -2.28. The van der Waals surface area contributed by atoms with Crippen LogP contribution < -0.4 is 14.8 Å². The number of amides is 3. The molecule has 0 aliphatic carbocycles. The average molecular weight is 662 g/mol. The van der Waals surface area contributed by atoms with E-state index in [1.54, 1.807) is 50.5 Å². The number of carbonyl (C=O) groups is 3. The fourth-order valence-electron chi connectivity index (χ4n) is 5.13. The summed E-state index contributed by atoms with van der Waals surface area (Å²) in [6, 6.07) is 22.5. The highest BCUT2D eigenvalue weighted by molar-refractivity contribution is 8.14. The van der Waals surface area contributed by atoms with Gasteiger partial charge in [-0.1, -0.05) is 103 Å². The topological polar surface area (TPSA) is 97.3 Å². The van der Waals surface area contributed by atoms with Crippen molar-refractivity contribution in [3.8, 4) is 11.5 Å². The minimum absolute atomic E-state index is 0.0889. The molecule has 0 unspecified atom stereocenters. The summed E-state index contributed by atoms with van der Waals surface area (Å²) in [5.41, 5.74) is 3.53. The SMILES string of the molecule is C=C/C=C\C(=C/C)N1C(=O)/C(=C/c2cc(CC=C)c(OC)c(OCC)c2)C(=O)N=C1SCC(=O)NC(c1ccccc1)c1ccccc1. The van der Waals surface area contributed by atoms with Crippen LogP contribution in [0.25, 0.3) is 6.08 Å². The molecule has 1 aliphatic rings. The fraction of sp³-hybridized carbons (Fsp3) is 0.179. The number of hydrogen-bond acceptors (Lipinski definition) is 6. The molecule has 1 N–H and O–H groups in total. The lowest BCUT2D eigenvalue weighted by Crippen LogP contribution is -2.42. The van der Waals surface area contributed by atoms with E-state index in [4.69, 9.17) is 9.47 Å². The van der Waals surface area contributed by atoms with Gasteiger partial charge < -0.3 is 14.8 Å². The Morgan fingerprint density at radius 1 is 1.04 bits per heavy atom. The van der Waals surface area contributed by atoms with Crippen molar-refractivity contribution in [3.63, 3.8) is 0 Å². The maximum atomic E-state index is 14.1. The molecule has 0 saturated carbocycles. The van der Waals surface area contributed by atoms with Crippen LogP contribution >= 0.6 is 11.8 Å². The predicted molar refractivity (Wildman–Crippen MR) is 194 cm³/mol. The van der Waals surface area contributed by atoms with Crippen molar-refractivity contribution in [3.05, 3.63) is 150 Å². The van der Waals surface area contributed by atoms with Gasteiger partial charge in [0.25, 0.3) is 11.8 Å². The van der Waals surface area contributed by atoms with Crippen molar-refractivity contribution in [2.45, 2.75) is 26.3 Å². The van der Waals surface area contributed by atoms with E-state index in [0.717, 1.165) is 28.5 Å². The first-order valence-electron chi connectivity index (χ1n) is 15.5. The molecule has 0 atom stereocenters. The minimum atomic E-state index is -0.715. The highest BCUT2D eigenvalue weighted by atomic mass is 32.2. The zero-order chi connectivity index (χ0) is 34.5. The summed E-state index contributed by atoms with van der Waals surface area (Å²) in [6.07, 6.45) is 10.4. The van der Waals surface area contributed by atoms with Crippen LogP contribution in [-0.4, -0.2) is 47.3 Å². The first kappa shape index (κ1) is 35.4. The Morgan fingerprint density at radius 3 is 2.27 bits per heavy atom. The second kappa shape index (κ2) is 17.5. The van der Waals surface area contributed by atoms with E-state index >= 15 is 0 Å². The number of thioether (sulfide) groups is 1. The zero-order valence-corrected chi connectivity index (χ0v) is 28.2. The third kappa shape index (κ3) is 8.68. The van der Waals surface area contributed by atoms with E-state index in [2.05, 4.69) is 23.5 Å². The summed E-state index contributed by atoms with van der Waals surface area (Å²) >= 11 is 1.01. The summed E-state index contributed by atoms with van der Waals surface area (Å²) < 4.78 is 11.4. The van der Waals surface area contributed by atoms with E-state index in [9.17, 15) is 14.4 Å².